The second-order valence-electron chi connectivity index (χ2n) is 7.36. The fraction of sp³-hybridized carbons (Fsp3) is 0.0833. The van der Waals surface area contributed by atoms with Crippen LogP contribution in [0.5, 0.6) is 0 Å². The number of hydrogen-bond acceptors (Lipinski definition) is 5. The first-order valence-electron chi connectivity index (χ1n) is 9.81. The van der Waals surface area contributed by atoms with Crippen LogP contribution in [0, 0.1) is 11.3 Å². The summed E-state index contributed by atoms with van der Waals surface area (Å²) < 4.78 is 30.6. The van der Waals surface area contributed by atoms with E-state index < -0.39 is 12.3 Å². The van der Waals surface area contributed by atoms with Gasteiger partial charge in [-0.15, -0.1) is 10.2 Å². The van der Waals surface area contributed by atoms with Gasteiger partial charge in [0.05, 0.1) is 23.9 Å². The van der Waals surface area contributed by atoms with Crippen LogP contribution in [0.4, 0.5) is 14.5 Å². The van der Waals surface area contributed by atoms with Gasteiger partial charge in [0.2, 0.25) is 5.89 Å². The standard InChI is InChI=1S/C24H13ClF2N4O2/c25-17-6-7-18(14-3-1-2-13(8-14)11-28)20(10-17)31-12-16-5-4-15(9-19(16)24(31)32)22-29-30-23(33-22)21(26)27/h1-10,21H,12H2. The summed E-state index contributed by atoms with van der Waals surface area (Å²) in [5.41, 5.74) is 4.15. The Kier molecular flexibility index (Phi) is 5.11. The molecule has 0 unspecified atom stereocenters. The van der Waals surface area contributed by atoms with E-state index in [0.29, 0.717) is 33.9 Å². The molecule has 0 atom stereocenters. The lowest BCUT2D eigenvalue weighted by atomic mass is 10.0. The number of nitriles is 1. The number of alkyl halides is 2. The average molecular weight is 463 g/mol. The lowest BCUT2D eigenvalue weighted by Crippen LogP contribution is -2.23. The molecule has 4 aromatic rings. The molecule has 1 aliphatic heterocycles. The Morgan fingerprint density at radius 1 is 1.03 bits per heavy atom. The van der Waals surface area contributed by atoms with Crippen LogP contribution in [0.1, 0.15) is 33.8 Å². The molecule has 0 spiro atoms. The number of aromatic nitrogens is 2. The Labute approximate surface area is 191 Å². The second kappa shape index (κ2) is 8.11. The van der Waals surface area contributed by atoms with Crippen LogP contribution in [0.3, 0.4) is 0 Å². The van der Waals surface area contributed by atoms with E-state index in [9.17, 15) is 18.8 Å². The summed E-state index contributed by atoms with van der Waals surface area (Å²) in [5, 5.41) is 16.7. The van der Waals surface area contributed by atoms with Gasteiger partial charge in [0.25, 0.3) is 11.8 Å². The van der Waals surface area contributed by atoms with Crippen molar-refractivity contribution in [1.82, 2.24) is 10.2 Å². The van der Waals surface area contributed by atoms with E-state index in [1.807, 2.05) is 6.07 Å². The first kappa shape index (κ1) is 20.8. The van der Waals surface area contributed by atoms with Gasteiger partial charge in [0.1, 0.15) is 0 Å². The Hall–Kier alpha value is -4.09. The summed E-state index contributed by atoms with van der Waals surface area (Å²) in [6, 6.07) is 19.4. The van der Waals surface area contributed by atoms with Crippen LogP contribution in [0.25, 0.3) is 22.6 Å². The summed E-state index contributed by atoms with van der Waals surface area (Å²) in [4.78, 5) is 14.9. The van der Waals surface area contributed by atoms with Gasteiger partial charge in [0, 0.05) is 21.7 Å². The van der Waals surface area contributed by atoms with Crippen LogP contribution < -0.4 is 4.90 Å². The number of nitrogens with zero attached hydrogens (tertiary/aromatic N) is 4. The molecule has 0 saturated heterocycles. The van der Waals surface area contributed by atoms with Gasteiger partial charge in [-0.25, -0.2) is 0 Å². The van der Waals surface area contributed by atoms with E-state index in [0.717, 1.165) is 16.7 Å². The fourth-order valence-corrected chi connectivity index (χ4v) is 3.96. The molecule has 162 valence electrons. The van der Waals surface area contributed by atoms with E-state index in [4.69, 9.17) is 16.0 Å². The van der Waals surface area contributed by atoms with Gasteiger partial charge < -0.3 is 9.32 Å². The highest BCUT2D eigenvalue weighted by Gasteiger charge is 2.31. The van der Waals surface area contributed by atoms with Crippen LogP contribution in [-0.4, -0.2) is 16.1 Å². The van der Waals surface area contributed by atoms with Gasteiger partial charge in [-0.2, -0.15) is 14.0 Å². The van der Waals surface area contributed by atoms with Crippen LogP contribution in [-0.2, 0) is 6.54 Å². The normalized spacial score (nSPS) is 12.8. The molecule has 33 heavy (non-hydrogen) atoms. The molecule has 0 N–H and O–H groups in total. The number of anilines is 1. The maximum atomic E-state index is 13.4. The van der Waals surface area contributed by atoms with E-state index in [2.05, 4.69) is 16.3 Å². The molecule has 0 aliphatic carbocycles. The van der Waals surface area contributed by atoms with Crippen molar-refractivity contribution in [3.05, 3.63) is 88.3 Å². The van der Waals surface area contributed by atoms with Crippen molar-refractivity contribution in [2.45, 2.75) is 13.0 Å². The van der Waals surface area contributed by atoms with E-state index in [-0.39, 0.29) is 11.8 Å². The number of amides is 1. The quantitative estimate of drug-likeness (QED) is 0.370. The van der Waals surface area contributed by atoms with Gasteiger partial charge in [-0.3, -0.25) is 4.79 Å². The third kappa shape index (κ3) is 3.73. The highest BCUT2D eigenvalue weighted by Crippen LogP contribution is 2.39. The molecular formula is C24H13ClF2N4O2. The van der Waals surface area contributed by atoms with Crippen LogP contribution >= 0.6 is 11.6 Å². The van der Waals surface area contributed by atoms with Crippen molar-refractivity contribution in [2.24, 2.45) is 0 Å². The van der Waals surface area contributed by atoms with Gasteiger partial charge in [0.15, 0.2) is 0 Å². The summed E-state index contributed by atoms with van der Waals surface area (Å²) in [6.07, 6.45) is -2.88. The highest BCUT2D eigenvalue weighted by molar-refractivity contribution is 6.31. The SMILES string of the molecule is N#Cc1cccc(-c2ccc(Cl)cc2N2Cc3ccc(-c4nnc(C(F)F)o4)cc3C2=O)c1. The monoisotopic (exact) mass is 462 g/mol. The largest absolute Gasteiger partial charge is 0.415 e. The lowest BCUT2D eigenvalue weighted by Gasteiger charge is -2.20. The van der Waals surface area contributed by atoms with E-state index in [1.54, 1.807) is 59.5 Å². The molecule has 2 heterocycles. The van der Waals surface area contributed by atoms with Crippen LogP contribution in [0.15, 0.2) is 65.1 Å². The summed E-state index contributed by atoms with van der Waals surface area (Å²) >= 11 is 6.25. The summed E-state index contributed by atoms with van der Waals surface area (Å²) in [5.74, 6) is -1.14. The smallest absolute Gasteiger partial charge is 0.314 e. The number of hydrogen-bond donors (Lipinski definition) is 0. The molecule has 1 aromatic heterocycles. The second-order valence-corrected chi connectivity index (χ2v) is 7.80. The zero-order valence-electron chi connectivity index (χ0n) is 16.8. The molecule has 0 radical (unpaired) electrons. The van der Waals surface area contributed by atoms with E-state index >= 15 is 0 Å². The summed E-state index contributed by atoms with van der Waals surface area (Å²) in [6.45, 7) is 0.297. The Morgan fingerprint density at radius 2 is 1.88 bits per heavy atom. The van der Waals surface area contributed by atoms with Gasteiger partial charge >= 0.3 is 6.43 Å². The van der Waals surface area contributed by atoms with E-state index in [1.165, 1.54) is 0 Å². The molecule has 1 aliphatic rings. The highest BCUT2D eigenvalue weighted by atomic mass is 35.5. The maximum Gasteiger partial charge on any atom is 0.314 e. The van der Waals surface area contributed by atoms with Crippen molar-refractivity contribution < 1.29 is 18.0 Å². The Morgan fingerprint density at radius 3 is 2.64 bits per heavy atom. The minimum atomic E-state index is -2.88. The number of rotatable bonds is 4. The van der Waals surface area contributed by atoms with Crippen molar-refractivity contribution in [2.75, 3.05) is 4.90 Å². The fourth-order valence-electron chi connectivity index (χ4n) is 3.80. The maximum absolute atomic E-state index is 13.4. The zero-order valence-corrected chi connectivity index (χ0v) is 17.6. The molecule has 0 bridgehead atoms. The van der Waals surface area contributed by atoms with Crippen molar-refractivity contribution in [1.29, 1.82) is 5.26 Å². The first-order chi connectivity index (χ1) is 15.9. The molecule has 1 amide bonds. The van der Waals surface area contributed by atoms with Crippen molar-refractivity contribution in [3.8, 4) is 28.7 Å². The third-order valence-electron chi connectivity index (χ3n) is 5.34. The Balaban J connectivity index is 1.54. The molecule has 0 fully saturated rings. The molecule has 9 heteroatoms. The number of halogens is 3. The molecule has 3 aromatic carbocycles. The minimum absolute atomic E-state index is 0.0869. The molecule has 6 nitrogen and oxygen atoms in total. The molecular weight excluding hydrogens is 450 g/mol. The molecule has 0 saturated carbocycles. The predicted molar refractivity (Wildman–Crippen MR) is 117 cm³/mol. The number of fused-ring (bicyclic) bond motifs is 1. The number of carbonyl (C=O) groups is 1. The topological polar surface area (TPSA) is 83.0 Å². The van der Waals surface area contributed by atoms with Crippen molar-refractivity contribution >= 4 is 23.2 Å². The zero-order chi connectivity index (χ0) is 23.1. The molecule has 5 rings (SSSR count). The minimum Gasteiger partial charge on any atom is -0.415 e. The van der Waals surface area contributed by atoms with Gasteiger partial charge in [-0.1, -0.05) is 35.9 Å². The first-order valence-corrected chi connectivity index (χ1v) is 10.2. The summed E-state index contributed by atoms with van der Waals surface area (Å²) in [7, 11) is 0. The van der Waals surface area contributed by atoms with Crippen molar-refractivity contribution in [3.63, 3.8) is 0 Å². The lowest BCUT2D eigenvalue weighted by molar-refractivity contribution is 0.0996. The number of benzene rings is 3. The van der Waals surface area contributed by atoms with Crippen LogP contribution in [0.2, 0.25) is 5.02 Å². The average Bonchev–Trinajstić information content (AvgIpc) is 3.44. The van der Waals surface area contributed by atoms with Gasteiger partial charge in [-0.05, 0) is 47.5 Å². The Bertz CT molecular complexity index is 1440. The predicted octanol–water partition coefficient (Wildman–Crippen LogP) is 6.03. The number of carbonyl (C=O) groups excluding carboxylic acids is 1. The third-order valence-corrected chi connectivity index (χ3v) is 5.58.